The molecule has 1 atom stereocenters. The summed E-state index contributed by atoms with van der Waals surface area (Å²) < 4.78 is 0. The number of piperidine rings is 1. The van der Waals surface area contributed by atoms with Crippen LogP contribution in [-0.2, 0) is 6.42 Å². The van der Waals surface area contributed by atoms with Crippen LogP contribution in [0, 0.1) is 11.3 Å². The van der Waals surface area contributed by atoms with Crippen LogP contribution in [0.3, 0.4) is 0 Å². The Bertz CT molecular complexity index is 699. The van der Waals surface area contributed by atoms with Gasteiger partial charge in [0.05, 0.1) is 5.69 Å². The second-order valence-corrected chi connectivity index (χ2v) is 6.45. The molecule has 4 heteroatoms. The highest BCUT2D eigenvalue weighted by atomic mass is 15.2. The van der Waals surface area contributed by atoms with E-state index in [1.807, 2.05) is 18.3 Å². The van der Waals surface area contributed by atoms with Gasteiger partial charge in [-0.05, 0) is 44.2 Å². The van der Waals surface area contributed by atoms with Crippen LogP contribution in [0.15, 0.2) is 42.6 Å². The van der Waals surface area contributed by atoms with Gasteiger partial charge in [-0.25, -0.2) is 4.98 Å². The normalized spacial score (nSPS) is 15.6. The van der Waals surface area contributed by atoms with Crippen molar-refractivity contribution in [2.45, 2.75) is 38.6 Å². The lowest BCUT2D eigenvalue weighted by Crippen LogP contribution is -2.31. The first kappa shape index (κ1) is 16.3. The van der Waals surface area contributed by atoms with E-state index in [1.54, 1.807) is 0 Å². The Morgan fingerprint density at radius 1 is 1.17 bits per heavy atom. The van der Waals surface area contributed by atoms with Gasteiger partial charge in [-0.3, -0.25) is 0 Å². The van der Waals surface area contributed by atoms with Crippen LogP contribution in [0.5, 0.6) is 0 Å². The Hall–Kier alpha value is -2.54. The van der Waals surface area contributed by atoms with Crippen LogP contribution in [0.1, 0.15) is 37.3 Å². The Morgan fingerprint density at radius 2 is 1.92 bits per heavy atom. The highest BCUT2D eigenvalue weighted by molar-refractivity contribution is 5.69. The SMILES string of the molecule is CC(Cc1ccccc1)Nc1ccnc(N2CCCCC2)c1C#N. The van der Waals surface area contributed by atoms with E-state index in [0.29, 0.717) is 5.56 Å². The minimum Gasteiger partial charge on any atom is -0.381 e. The predicted octanol–water partition coefficient (Wildman–Crippen LogP) is 3.99. The summed E-state index contributed by atoms with van der Waals surface area (Å²) in [6.45, 7) is 4.13. The maximum absolute atomic E-state index is 9.68. The number of anilines is 2. The van der Waals surface area contributed by atoms with Crippen LogP contribution in [0.2, 0.25) is 0 Å². The lowest BCUT2D eigenvalue weighted by atomic mass is 10.1. The fourth-order valence-electron chi connectivity index (χ4n) is 3.31. The third-order valence-electron chi connectivity index (χ3n) is 4.48. The Balaban J connectivity index is 1.76. The zero-order valence-electron chi connectivity index (χ0n) is 14.2. The fourth-order valence-corrected chi connectivity index (χ4v) is 3.31. The molecule has 124 valence electrons. The van der Waals surface area contributed by atoms with E-state index in [9.17, 15) is 5.26 Å². The number of benzene rings is 1. The molecule has 1 saturated heterocycles. The standard InChI is InChI=1S/C20H24N4/c1-16(14-17-8-4-2-5-9-17)23-19-10-11-22-20(18(19)15-21)24-12-6-3-7-13-24/h2,4-5,8-11,16H,3,6-7,12-14H2,1H3,(H,22,23). The predicted molar refractivity (Wildman–Crippen MR) is 98.2 cm³/mol. The molecule has 1 fully saturated rings. The van der Waals surface area contributed by atoms with E-state index in [2.05, 4.69) is 52.5 Å². The van der Waals surface area contributed by atoms with Crippen molar-refractivity contribution in [1.29, 1.82) is 5.26 Å². The number of nitrogens with zero attached hydrogens (tertiary/aromatic N) is 3. The van der Waals surface area contributed by atoms with Crippen molar-refractivity contribution in [3.05, 3.63) is 53.7 Å². The summed E-state index contributed by atoms with van der Waals surface area (Å²) in [5, 5.41) is 13.2. The fraction of sp³-hybridized carbons (Fsp3) is 0.400. The van der Waals surface area contributed by atoms with E-state index >= 15 is 0 Å². The van der Waals surface area contributed by atoms with E-state index in [0.717, 1.165) is 31.0 Å². The molecule has 2 aromatic rings. The van der Waals surface area contributed by atoms with Gasteiger partial charge in [-0.1, -0.05) is 30.3 Å². The van der Waals surface area contributed by atoms with Crippen molar-refractivity contribution in [3.8, 4) is 6.07 Å². The number of rotatable bonds is 5. The molecule has 3 rings (SSSR count). The molecule has 0 spiro atoms. The molecule has 1 N–H and O–H groups in total. The molecule has 0 radical (unpaired) electrons. The van der Waals surface area contributed by atoms with Gasteiger partial charge in [0, 0.05) is 25.3 Å². The number of hydrogen-bond acceptors (Lipinski definition) is 4. The van der Waals surface area contributed by atoms with Crippen LogP contribution < -0.4 is 10.2 Å². The molecule has 1 unspecified atom stereocenters. The molecule has 1 aliphatic rings. The lowest BCUT2D eigenvalue weighted by molar-refractivity contribution is 0.573. The first-order valence-electron chi connectivity index (χ1n) is 8.72. The average Bonchev–Trinajstić information content (AvgIpc) is 2.63. The van der Waals surface area contributed by atoms with E-state index in [1.165, 1.54) is 24.8 Å². The third-order valence-corrected chi connectivity index (χ3v) is 4.48. The van der Waals surface area contributed by atoms with Crippen LogP contribution >= 0.6 is 0 Å². The molecule has 1 aromatic heterocycles. The largest absolute Gasteiger partial charge is 0.381 e. The van der Waals surface area contributed by atoms with Crippen molar-refractivity contribution in [1.82, 2.24) is 4.98 Å². The number of pyridine rings is 1. The Labute approximate surface area is 144 Å². The molecule has 1 aromatic carbocycles. The first-order chi connectivity index (χ1) is 11.8. The topological polar surface area (TPSA) is 52.0 Å². The molecular weight excluding hydrogens is 296 g/mol. The van der Waals surface area contributed by atoms with Gasteiger partial charge in [0.2, 0.25) is 0 Å². The van der Waals surface area contributed by atoms with E-state index < -0.39 is 0 Å². The Kier molecular flexibility index (Phi) is 5.32. The molecule has 0 aliphatic carbocycles. The van der Waals surface area contributed by atoms with E-state index in [-0.39, 0.29) is 6.04 Å². The number of hydrogen-bond donors (Lipinski definition) is 1. The van der Waals surface area contributed by atoms with Crippen molar-refractivity contribution < 1.29 is 0 Å². The minimum absolute atomic E-state index is 0.246. The summed E-state index contributed by atoms with van der Waals surface area (Å²) in [6.07, 6.45) is 6.35. The summed E-state index contributed by atoms with van der Waals surface area (Å²) in [6, 6.07) is 14.9. The molecule has 0 saturated carbocycles. The molecule has 1 aliphatic heterocycles. The highest BCUT2D eigenvalue weighted by Gasteiger charge is 2.19. The lowest BCUT2D eigenvalue weighted by Gasteiger charge is -2.29. The highest BCUT2D eigenvalue weighted by Crippen LogP contribution is 2.27. The molecule has 0 amide bonds. The number of nitrogens with one attached hydrogen (secondary N) is 1. The van der Waals surface area contributed by atoms with Gasteiger partial charge in [0.15, 0.2) is 0 Å². The second-order valence-electron chi connectivity index (χ2n) is 6.45. The minimum atomic E-state index is 0.246. The van der Waals surface area contributed by atoms with Crippen molar-refractivity contribution in [2.24, 2.45) is 0 Å². The summed E-state index contributed by atoms with van der Waals surface area (Å²) in [5.74, 6) is 0.828. The second kappa shape index (κ2) is 7.83. The maximum Gasteiger partial charge on any atom is 0.148 e. The monoisotopic (exact) mass is 320 g/mol. The summed E-state index contributed by atoms with van der Waals surface area (Å²) in [7, 11) is 0. The van der Waals surface area contributed by atoms with Gasteiger partial charge in [-0.2, -0.15) is 5.26 Å². The van der Waals surface area contributed by atoms with Gasteiger partial charge in [-0.15, -0.1) is 0 Å². The van der Waals surface area contributed by atoms with Crippen molar-refractivity contribution in [3.63, 3.8) is 0 Å². The van der Waals surface area contributed by atoms with Crippen LogP contribution in [-0.4, -0.2) is 24.1 Å². The molecule has 0 bridgehead atoms. The van der Waals surface area contributed by atoms with E-state index in [4.69, 9.17) is 0 Å². The maximum atomic E-state index is 9.68. The smallest absolute Gasteiger partial charge is 0.148 e. The van der Waals surface area contributed by atoms with Crippen LogP contribution in [0.4, 0.5) is 11.5 Å². The summed E-state index contributed by atoms with van der Waals surface area (Å²) in [4.78, 5) is 6.73. The molecular formula is C20H24N4. The number of aromatic nitrogens is 1. The molecule has 4 nitrogen and oxygen atoms in total. The van der Waals surface area contributed by atoms with Gasteiger partial charge in [0.25, 0.3) is 0 Å². The van der Waals surface area contributed by atoms with Crippen LogP contribution in [0.25, 0.3) is 0 Å². The first-order valence-corrected chi connectivity index (χ1v) is 8.72. The van der Waals surface area contributed by atoms with Gasteiger partial charge >= 0.3 is 0 Å². The van der Waals surface area contributed by atoms with Gasteiger partial charge < -0.3 is 10.2 Å². The zero-order chi connectivity index (χ0) is 16.8. The van der Waals surface area contributed by atoms with Crippen molar-refractivity contribution >= 4 is 11.5 Å². The molecule has 24 heavy (non-hydrogen) atoms. The quantitative estimate of drug-likeness (QED) is 0.905. The molecule has 2 heterocycles. The third kappa shape index (κ3) is 3.86. The zero-order valence-corrected chi connectivity index (χ0v) is 14.2. The van der Waals surface area contributed by atoms with Crippen molar-refractivity contribution in [2.75, 3.05) is 23.3 Å². The Morgan fingerprint density at radius 3 is 2.62 bits per heavy atom. The average molecular weight is 320 g/mol. The summed E-state index contributed by atoms with van der Waals surface area (Å²) >= 11 is 0. The van der Waals surface area contributed by atoms with Gasteiger partial charge in [0.1, 0.15) is 17.5 Å². The summed E-state index contributed by atoms with van der Waals surface area (Å²) in [5.41, 5.74) is 2.84. The number of nitriles is 1.